The minimum absolute atomic E-state index is 0.00371. The highest BCUT2D eigenvalue weighted by Crippen LogP contribution is 2.30. The molecule has 1 aromatic carbocycles. The van der Waals surface area contributed by atoms with Crippen molar-refractivity contribution < 1.29 is 77.3 Å². The number of ketones is 3. The Bertz CT molecular complexity index is 3510. The van der Waals surface area contributed by atoms with Gasteiger partial charge in [0.05, 0.1) is 42.2 Å². The maximum Gasteiger partial charge on any atom is 0.303 e. The van der Waals surface area contributed by atoms with Crippen molar-refractivity contribution in [1.29, 1.82) is 0 Å². The largest absolute Gasteiger partial charge is 0.481 e. The third-order valence-corrected chi connectivity index (χ3v) is 21.6. The lowest BCUT2D eigenvalue weighted by molar-refractivity contribution is -0.157. The molecule has 2 fully saturated rings. The normalized spacial score (nSPS) is 24.7. The van der Waals surface area contributed by atoms with Crippen molar-refractivity contribution in [3.05, 3.63) is 29.6 Å². The van der Waals surface area contributed by atoms with Crippen LogP contribution in [0.4, 0.5) is 0 Å². The van der Waals surface area contributed by atoms with Crippen molar-refractivity contribution in [2.24, 2.45) is 59.2 Å². The van der Waals surface area contributed by atoms with Gasteiger partial charge in [0.1, 0.15) is 36.0 Å². The number of aromatic nitrogens is 2. The fourth-order valence-electron chi connectivity index (χ4n) is 14.8. The van der Waals surface area contributed by atoms with Gasteiger partial charge >= 0.3 is 5.97 Å². The van der Waals surface area contributed by atoms with Crippen LogP contribution in [0.1, 0.15) is 191 Å². The number of amides is 10. The second kappa shape index (κ2) is 42.3. The molecule has 3 heterocycles. The van der Waals surface area contributed by atoms with Gasteiger partial charge in [-0.2, -0.15) is 0 Å². The number of H-pyrrole nitrogens is 1. The third kappa shape index (κ3) is 25.9. The van der Waals surface area contributed by atoms with E-state index in [4.69, 9.17) is 10.1 Å². The number of benzene rings is 1. The van der Waals surface area contributed by atoms with E-state index in [9.17, 15) is 53.1 Å². The number of nitrogens with zero attached hydrogens (tertiary/aromatic N) is 10. The Kier molecular flexibility index (Phi) is 36.1. The van der Waals surface area contributed by atoms with Gasteiger partial charge in [-0.25, -0.2) is 4.98 Å². The summed E-state index contributed by atoms with van der Waals surface area (Å²) in [4.78, 5) is 221. The van der Waals surface area contributed by atoms with E-state index >= 15 is 19.2 Å². The number of carboxylic acids is 1. The number of aromatic amines is 1. The number of carboxylic acid groups (broad SMARTS) is 1. The number of aliphatic carboxylic acids is 1. The number of piperazine rings is 1. The van der Waals surface area contributed by atoms with Gasteiger partial charge in [-0.1, -0.05) is 104 Å². The van der Waals surface area contributed by atoms with Crippen molar-refractivity contribution >= 4 is 93.4 Å². The lowest BCUT2D eigenvalue weighted by Crippen LogP contribution is -2.62. The first-order valence-corrected chi connectivity index (χ1v) is 39.2. The molecular weight excluding hydrogens is 1400 g/mol. The van der Waals surface area contributed by atoms with E-state index in [1.165, 1.54) is 85.7 Å². The minimum atomic E-state index is -1.68. The Hall–Kier alpha value is -8.21. The number of nitrogens with one attached hydrogen (secondary N) is 3. The third-order valence-electron chi connectivity index (χ3n) is 21.6. The van der Waals surface area contributed by atoms with Crippen molar-refractivity contribution in [3.63, 3.8) is 0 Å². The molecule has 0 radical (unpaired) electrons. The molecule has 0 aliphatic carbocycles. The Morgan fingerprint density at radius 1 is 0.569 bits per heavy atom. The number of fused-ring (bicyclic) bond motifs is 1. The first-order chi connectivity index (χ1) is 50.8. The van der Waals surface area contributed by atoms with Crippen LogP contribution in [0.15, 0.2) is 18.2 Å². The van der Waals surface area contributed by atoms with E-state index in [0.29, 0.717) is 61.7 Å². The Balaban J connectivity index is 1.83. The van der Waals surface area contributed by atoms with Crippen molar-refractivity contribution in [2.45, 2.75) is 230 Å². The smallest absolute Gasteiger partial charge is 0.303 e. The Morgan fingerprint density at radius 3 is 1.60 bits per heavy atom. The molecule has 12 atom stereocenters. The molecule has 0 unspecified atom stereocenters. The van der Waals surface area contributed by atoms with Crippen LogP contribution in [0.2, 0.25) is 0 Å². The zero-order chi connectivity index (χ0) is 82.7. The van der Waals surface area contributed by atoms with Gasteiger partial charge < -0.3 is 65.0 Å². The molecule has 2 aliphatic heterocycles. The molecule has 2 aromatic rings. The van der Waals surface area contributed by atoms with Crippen LogP contribution in [-0.4, -0.2) is 290 Å². The van der Waals surface area contributed by atoms with Crippen molar-refractivity contribution in [3.8, 4) is 0 Å². The molecule has 5 N–H and O–H groups in total. The van der Waals surface area contributed by atoms with Crippen LogP contribution in [0.3, 0.4) is 0 Å². The van der Waals surface area contributed by atoms with Crippen LogP contribution in [0, 0.1) is 59.2 Å². The lowest BCUT2D eigenvalue weighted by Gasteiger charge is -2.41. The number of Topliss-reactive ketones (excluding diaryl/α,β-unsaturated/α-hetero) is 3. The minimum Gasteiger partial charge on any atom is -0.481 e. The molecule has 10 amide bonds. The first-order valence-electron chi connectivity index (χ1n) is 39.2. The molecule has 2 saturated heterocycles. The van der Waals surface area contributed by atoms with Gasteiger partial charge in [-0.15, -0.1) is 0 Å². The number of likely N-dealkylation sites (N-methyl/N-ethyl adjacent to an activating group) is 7. The molecule has 2 aliphatic rings. The molecule has 0 spiro atoms. The molecule has 0 bridgehead atoms. The highest BCUT2D eigenvalue weighted by Gasteiger charge is 2.46. The van der Waals surface area contributed by atoms with Crippen molar-refractivity contribution in [2.75, 3.05) is 95.1 Å². The van der Waals surface area contributed by atoms with Crippen LogP contribution >= 0.6 is 0 Å². The SMILES string of the molecule is CC[C@@H]1CC(=O)[C@H]([C@H](O)[C@H](C)Cc2nc3ccc(C(=O)NCCN4CCN(C(=O)CCC(=O)O)CC4)cc3[nH]2)N(C)C(=O)[C@H](C(C)C)N(C)C(=O)[C@H](CC(C)C)N(C)C(=O)[C@H](CC(C)C)N(C)C(=O)[C@@H](C)NC(=O)[C@H](C)CC(=O)[C@H](CC(C)C)N(C)C(=O)[C@H](C(C)C)CC(=O)[C@H](CC(C)C)N(C)C(=O)CN(C)C1=O. The Morgan fingerprint density at radius 2 is 1.07 bits per heavy atom. The zero-order valence-corrected chi connectivity index (χ0v) is 69.4. The standard InChI is InChI=1S/C80H131N13O16/c1-24-54-42-65(96)71(72(101)51(14)40-66-83-57-26-25-55(41-58(57)84-66)74(103)81-29-30-92-31-33-93(34-32-92)67(97)27-28-69(99)100)91(23)80(109)70(50(12)13)90(22)79(108)62(38-48(8)9)89(21)78(107)61(37-47(6)7)88(20)75(104)53(16)82-73(102)52(15)39-63(94)60(36-46(4)5)87(19)77(106)56(49(10)11)43-64(95)59(35-45(2)3)86(18)68(98)44-85(17)76(54)105/h25-26,41,45-54,56,59-62,70-72,101H,24,27-40,42-44H2,1-23H3,(H,81,103)(H,82,102)(H,83,84)(H,99,100)/t51-,52-,53-,54-,56+,59+,60+,61+,62+,70+,71-,72-/m1/s1. The number of rotatable bonds is 22. The molecule has 4 rings (SSSR count). The average molecular weight is 1530 g/mol. The topological polar surface area (TPSA) is 361 Å². The number of carbonyl (C=O) groups is 14. The number of hydrogen-bond donors (Lipinski definition) is 5. The van der Waals surface area contributed by atoms with E-state index in [0.717, 1.165) is 4.90 Å². The fourth-order valence-corrected chi connectivity index (χ4v) is 14.8. The monoisotopic (exact) mass is 1530 g/mol. The van der Waals surface area contributed by atoms with E-state index in [1.54, 1.807) is 71.6 Å². The molecule has 1 aromatic heterocycles. The number of imidazole rings is 1. The lowest BCUT2D eigenvalue weighted by atomic mass is 9.84. The summed E-state index contributed by atoms with van der Waals surface area (Å²) in [7, 11) is 10.1. The predicted octanol–water partition coefficient (Wildman–Crippen LogP) is 5.43. The Labute approximate surface area is 646 Å². The summed E-state index contributed by atoms with van der Waals surface area (Å²) in [6.45, 7) is 30.7. The average Bonchev–Trinajstić information content (AvgIpc) is 1.77. The van der Waals surface area contributed by atoms with Gasteiger partial charge in [-0.05, 0) is 98.7 Å². The summed E-state index contributed by atoms with van der Waals surface area (Å²) in [5, 5.41) is 27.5. The van der Waals surface area contributed by atoms with E-state index < -0.39 is 167 Å². The molecular formula is C80H131N13O16. The predicted molar refractivity (Wildman–Crippen MR) is 415 cm³/mol. The second-order valence-electron chi connectivity index (χ2n) is 33.2. The van der Waals surface area contributed by atoms with Crippen LogP contribution in [0.25, 0.3) is 11.0 Å². The quantitative estimate of drug-likeness (QED) is 0.0980. The highest BCUT2D eigenvalue weighted by molar-refractivity contribution is 6.00. The van der Waals surface area contributed by atoms with E-state index in [1.807, 2.05) is 55.4 Å². The van der Waals surface area contributed by atoms with Gasteiger partial charge in [0, 0.05) is 144 Å². The second-order valence-corrected chi connectivity index (χ2v) is 33.2. The zero-order valence-electron chi connectivity index (χ0n) is 69.4. The van der Waals surface area contributed by atoms with E-state index in [2.05, 4.69) is 20.5 Å². The maximum absolute atomic E-state index is 15.7. The molecule has 29 heteroatoms. The maximum atomic E-state index is 15.7. The van der Waals surface area contributed by atoms with Crippen molar-refractivity contribution in [1.82, 2.24) is 64.7 Å². The molecule has 0 saturated carbocycles. The highest BCUT2D eigenvalue weighted by atomic mass is 16.4. The van der Waals surface area contributed by atoms with Gasteiger partial charge in [0.2, 0.25) is 53.2 Å². The summed E-state index contributed by atoms with van der Waals surface area (Å²) in [5.41, 5.74) is 1.30. The van der Waals surface area contributed by atoms with Crippen LogP contribution in [0.5, 0.6) is 0 Å². The summed E-state index contributed by atoms with van der Waals surface area (Å²) in [5.74, 6) is -13.4. The van der Waals surface area contributed by atoms with E-state index in [-0.39, 0.29) is 99.7 Å². The first kappa shape index (κ1) is 93.2. The summed E-state index contributed by atoms with van der Waals surface area (Å²) in [6, 6.07) is -3.74. The molecule has 109 heavy (non-hydrogen) atoms. The number of carbonyl (C=O) groups excluding carboxylic acids is 13. The molecule has 29 nitrogen and oxygen atoms in total. The van der Waals surface area contributed by atoms with Crippen LogP contribution < -0.4 is 10.6 Å². The van der Waals surface area contributed by atoms with Gasteiger partial charge in [0.25, 0.3) is 5.91 Å². The van der Waals surface area contributed by atoms with Crippen LogP contribution in [-0.2, 0) is 68.7 Å². The summed E-state index contributed by atoms with van der Waals surface area (Å²) >= 11 is 0. The fraction of sp³-hybridized carbons (Fsp3) is 0.738. The summed E-state index contributed by atoms with van der Waals surface area (Å²) in [6.07, 6.45) is -2.38. The van der Waals surface area contributed by atoms with Gasteiger partial charge in [-0.3, -0.25) is 72.0 Å². The molecule has 612 valence electrons. The number of hydrogen-bond acceptors (Lipinski definition) is 17. The number of aliphatic hydroxyl groups excluding tert-OH is 1. The van der Waals surface area contributed by atoms with Gasteiger partial charge in [0.15, 0.2) is 17.3 Å². The number of aliphatic hydroxyl groups is 1. The summed E-state index contributed by atoms with van der Waals surface area (Å²) < 4.78 is 0.